The highest BCUT2D eigenvalue weighted by Crippen LogP contribution is 2.41. The fourth-order valence-electron chi connectivity index (χ4n) is 2.74. The van der Waals surface area contributed by atoms with Crippen molar-refractivity contribution in [2.45, 2.75) is 38.3 Å². The van der Waals surface area contributed by atoms with Gasteiger partial charge in [0.05, 0.1) is 5.54 Å². The summed E-state index contributed by atoms with van der Waals surface area (Å²) in [6, 6.07) is 3.89. The third-order valence-electron chi connectivity index (χ3n) is 4.14. The fourth-order valence-corrected chi connectivity index (χ4v) is 3.48. The number of carbonyl (C=O) groups is 1. The van der Waals surface area contributed by atoms with Crippen molar-refractivity contribution in [3.63, 3.8) is 0 Å². The van der Waals surface area contributed by atoms with Gasteiger partial charge < -0.3 is 5.32 Å². The van der Waals surface area contributed by atoms with Crippen LogP contribution < -0.4 is 5.32 Å². The van der Waals surface area contributed by atoms with Crippen LogP contribution in [0.25, 0.3) is 0 Å². The van der Waals surface area contributed by atoms with E-state index < -0.39 is 0 Å². The van der Waals surface area contributed by atoms with Gasteiger partial charge >= 0.3 is 0 Å². The van der Waals surface area contributed by atoms with Crippen molar-refractivity contribution in [1.29, 1.82) is 0 Å². The number of carbonyl (C=O) groups excluding carboxylic acids is 1. The minimum atomic E-state index is -0.328. The predicted octanol–water partition coefficient (Wildman–Crippen LogP) is 3.52. The quantitative estimate of drug-likeness (QED) is 0.878. The minimum absolute atomic E-state index is 0.241. The summed E-state index contributed by atoms with van der Waals surface area (Å²) < 4.78 is 2.30. The lowest BCUT2D eigenvalue weighted by Gasteiger charge is -2.42. The van der Waals surface area contributed by atoms with Gasteiger partial charge in [-0.15, -0.1) is 0 Å². The number of rotatable bonds is 4. The van der Waals surface area contributed by atoms with E-state index in [0.717, 1.165) is 24.8 Å². The Kier molecular flexibility index (Phi) is 4.23. The monoisotopic (exact) mass is 382 g/mol. The molecule has 0 unspecified atom stereocenters. The van der Waals surface area contributed by atoms with E-state index in [1.54, 1.807) is 17.1 Å². The Balaban J connectivity index is 1.87. The van der Waals surface area contributed by atoms with E-state index in [2.05, 4.69) is 31.3 Å². The lowest BCUT2D eigenvalue weighted by Crippen LogP contribution is -2.51. The smallest absolute Gasteiger partial charge is 0.274 e. The summed E-state index contributed by atoms with van der Waals surface area (Å²) in [6.45, 7) is 2.59. The average molecular weight is 384 g/mol. The van der Waals surface area contributed by atoms with Crippen LogP contribution in [0.15, 0.2) is 29.1 Å². The summed E-state index contributed by atoms with van der Waals surface area (Å²) in [7, 11) is 0. The van der Waals surface area contributed by atoms with Crippen LogP contribution in [0, 0.1) is 0 Å². The number of aryl methyl sites for hydroxylation is 1. The Morgan fingerprint density at radius 2 is 2.14 bits per heavy atom. The maximum Gasteiger partial charge on any atom is 0.274 e. The molecule has 2 aromatic heterocycles. The van der Waals surface area contributed by atoms with Crippen LogP contribution in [0.3, 0.4) is 0 Å². The number of amides is 1. The Bertz CT molecular complexity index is 697. The van der Waals surface area contributed by atoms with Gasteiger partial charge in [0.15, 0.2) is 5.69 Å². The maximum atomic E-state index is 12.6. The van der Waals surface area contributed by atoms with Crippen LogP contribution in [-0.4, -0.2) is 20.7 Å². The van der Waals surface area contributed by atoms with Gasteiger partial charge in [-0.05, 0) is 59.8 Å². The van der Waals surface area contributed by atoms with Gasteiger partial charge in [0.25, 0.3) is 5.91 Å². The SMILES string of the molecule is CCn1nc(C(=O)NC2(c3ccncc3)CCC2)c(Cl)c1Br. The second-order valence-corrected chi connectivity index (χ2v) is 6.52. The summed E-state index contributed by atoms with van der Waals surface area (Å²) in [5, 5.41) is 7.75. The van der Waals surface area contributed by atoms with Crippen molar-refractivity contribution in [1.82, 2.24) is 20.1 Å². The molecule has 0 aliphatic heterocycles. The highest BCUT2D eigenvalue weighted by molar-refractivity contribution is 9.10. The molecule has 2 aromatic rings. The van der Waals surface area contributed by atoms with Crippen molar-refractivity contribution in [2.75, 3.05) is 0 Å². The molecule has 0 atom stereocenters. The molecule has 22 heavy (non-hydrogen) atoms. The van der Waals surface area contributed by atoms with E-state index in [-0.39, 0.29) is 17.1 Å². The number of pyridine rings is 1. The van der Waals surface area contributed by atoms with Gasteiger partial charge in [-0.1, -0.05) is 11.6 Å². The summed E-state index contributed by atoms with van der Waals surface area (Å²) >= 11 is 9.59. The van der Waals surface area contributed by atoms with Gasteiger partial charge in [-0.25, -0.2) is 0 Å². The molecule has 2 heterocycles. The summed E-state index contributed by atoms with van der Waals surface area (Å²) in [5.41, 5.74) is 1.01. The van der Waals surface area contributed by atoms with Crippen LogP contribution in [0.1, 0.15) is 42.2 Å². The Hall–Kier alpha value is -1.40. The molecule has 0 saturated heterocycles. The van der Waals surface area contributed by atoms with Crippen molar-refractivity contribution < 1.29 is 4.79 Å². The van der Waals surface area contributed by atoms with E-state index in [9.17, 15) is 4.79 Å². The molecule has 116 valence electrons. The van der Waals surface area contributed by atoms with Crippen molar-refractivity contribution >= 4 is 33.4 Å². The minimum Gasteiger partial charge on any atom is -0.341 e. The summed E-state index contributed by atoms with van der Waals surface area (Å²) in [4.78, 5) is 16.7. The second kappa shape index (κ2) is 6.01. The first kappa shape index (κ1) is 15.5. The van der Waals surface area contributed by atoms with Gasteiger partial charge in [0, 0.05) is 18.9 Å². The standard InChI is InChI=1S/C15H16BrClN4O/c1-2-21-13(16)11(17)12(20-21)14(22)19-15(6-3-7-15)10-4-8-18-9-5-10/h4-5,8-9H,2-3,6-7H2,1H3,(H,19,22). The summed E-state index contributed by atoms with van der Waals surface area (Å²) in [5.74, 6) is -0.241. The largest absolute Gasteiger partial charge is 0.341 e. The molecule has 0 bridgehead atoms. The number of nitrogens with one attached hydrogen (secondary N) is 1. The Morgan fingerprint density at radius 1 is 1.45 bits per heavy atom. The molecule has 7 heteroatoms. The van der Waals surface area contributed by atoms with E-state index in [4.69, 9.17) is 11.6 Å². The zero-order chi connectivity index (χ0) is 15.7. The molecule has 0 aromatic carbocycles. The van der Waals surface area contributed by atoms with Crippen LogP contribution in [0.2, 0.25) is 5.02 Å². The molecule has 1 amide bonds. The normalized spacial score (nSPS) is 16.1. The Morgan fingerprint density at radius 3 is 2.64 bits per heavy atom. The number of aromatic nitrogens is 3. The van der Waals surface area contributed by atoms with Crippen molar-refractivity contribution in [2.24, 2.45) is 0 Å². The molecule has 5 nitrogen and oxygen atoms in total. The van der Waals surface area contributed by atoms with Crippen LogP contribution in [-0.2, 0) is 12.1 Å². The Labute approximate surface area is 142 Å². The molecule has 3 rings (SSSR count). The van der Waals surface area contributed by atoms with Crippen LogP contribution in [0.5, 0.6) is 0 Å². The van der Waals surface area contributed by atoms with Gasteiger partial charge in [-0.3, -0.25) is 14.5 Å². The topological polar surface area (TPSA) is 59.8 Å². The average Bonchev–Trinajstić information content (AvgIpc) is 2.79. The van der Waals surface area contributed by atoms with E-state index in [1.165, 1.54) is 0 Å². The maximum absolute atomic E-state index is 12.6. The lowest BCUT2D eigenvalue weighted by molar-refractivity contribution is 0.0817. The van der Waals surface area contributed by atoms with Crippen LogP contribution >= 0.6 is 27.5 Å². The summed E-state index contributed by atoms with van der Waals surface area (Å²) in [6.07, 6.45) is 6.41. The van der Waals surface area contributed by atoms with E-state index in [0.29, 0.717) is 16.2 Å². The van der Waals surface area contributed by atoms with Gasteiger partial charge in [0.2, 0.25) is 0 Å². The van der Waals surface area contributed by atoms with Crippen molar-refractivity contribution in [3.8, 4) is 0 Å². The second-order valence-electron chi connectivity index (χ2n) is 5.39. The molecule has 1 aliphatic carbocycles. The molecule has 1 N–H and O–H groups in total. The molecule has 1 saturated carbocycles. The van der Waals surface area contributed by atoms with Gasteiger partial charge in [-0.2, -0.15) is 5.10 Å². The molecule has 0 radical (unpaired) electrons. The molecule has 0 spiro atoms. The predicted molar refractivity (Wildman–Crippen MR) is 87.8 cm³/mol. The van der Waals surface area contributed by atoms with E-state index >= 15 is 0 Å². The van der Waals surface area contributed by atoms with E-state index in [1.807, 2.05) is 19.1 Å². The van der Waals surface area contributed by atoms with Gasteiger partial charge in [0.1, 0.15) is 9.63 Å². The third kappa shape index (κ3) is 2.54. The zero-order valence-corrected chi connectivity index (χ0v) is 14.5. The number of halogens is 2. The number of nitrogens with zero attached hydrogens (tertiary/aromatic N) is 3. The highest BCUT2D eigenvalue weighted by atomic mass is 79.9. The fraction of sp³-hybridized carbons (Fsp3) is 0.400. The highest BCUT2D eigenvalue weighted by Gasteiger charge is 2.41. The molecular weight excluding hydrogens is 368 g/mol. The first-order chi connectivity index (χ1) is 10.6. The first-order valence-corrected chi connectivity index (χ1v) is 8.39. The molecule has 1 aliphatic rings. The first-order valence-electron chi connectivity index (χ1n) is 7.22. The zero-order valence-electron chi connectivity index (χ0n) is 12.1. The molecule has 1 fully saturated rings. The lowest BCUT2D eigenvalue weighted by atomic mass is 9.72. The third-order valence-corrected chi connectivity index (χ3v) is 5.54. The van der Waals surface area contributed by atoms with Crippen molar-refractivity contribution in [3.05, 3.63) is 45.4 Å². The number of hydrogen-bond donors (Lipinski definition) is 1. The van der Waals surface area contributed by atoms with Crippen LogP contribution in [0.4, 0.5) is 0 Å². The molecular formula is C15H16BrClN4O. The number of hydrogen-bond acceptors (Lipinski definition) is 3.